The minimum atomic E-state index is -0.0460. The number of carbonyl (C=O) groups excluding carboxylic acids is 1. The Bertz CT molecular complexity index is 839. The molecular weight excluding hydrogens is 354 g/mol. The molecule has 0 bridgehead atoms. The van der Waals surface area contributed by atoms with E-state index in [1.807, 2.05) is 26.0 Å². The van der Waals surface area contributed by atoms with Crippen molar-refractivity contribution in [1.29, 1.82) is 0 Å². The fraction of sp³-hybridized carbons (Fsp3) is 0.435. The fourth-order valence-corrected chi connectivity index (χ4v) is 4.03. The highest BCUT2D eigenvalue weighted by Gasteiger charge is 2.28. The first-order chi connectivity index (χ1) is 13.4. The first kappa shape index (κ1) is 20.2. The van der Waals surface area contributed by atoms with Gasteiger partial charge in [0.15, 0.2) is 5.78 Å². The summed E-state index contributed by atoms with van der Waals surface area (Å²) >= 11 is 0. The van der Waals surface area contributed by atoms with Gasteiger partial charge in [0.2, 0.25) is 0 Å². The quantitative estimate of drug-likeness (QED) is 0.761. The molecule has 0 radical (unpaired) electrons. The number of ether oxygens (including phenoxy) is 2. The van der Waals surface area contributed by atoms with Gasteiger partial charge in [0.05, 0.1) is 19.8 Å². The lowest BCUT2D eigenvalue weighted by atomic mass is 9.89. The highest BCUT2D eigenvalue weighted by atomic mass is 16.5. The maximum atomic E-state index is 13.1. The van der Waals surface area contributed by atoms with E-state index in [1.165, 1.54) is 5.56 Å². The Labute approximate surface area is 166 Å². The number of hydrogen-bond acceptors (Lipinski definition) is 5. The highest BCUT2D eigenvalue weighted by Crippen LogP contribution is 2.30. The van der Waals surface area contributed by atoms with Crippen LogP contribution in [-0.4, -0.2) is 43.1 Å². The van der Waals surface area contributed by atoms with Gasteiger partial charge in [-0.05, 0) is 62.1 Å². The number of likely N-dealkylation sites (tertiary alicyclic amines) is 1. The van der Waals surface area contributed by atoms with Crippen LogP contribution in [0.25, 0.3) is 0 Å². The molecule has 1 aliphatic rings. The topological polar surface area (TPSA) is 59.0 Å². The number of phenolic OH excluding ortho intramolecular Hbond substituents is 1. The van der Waals surface area contributed by atoms with Crippen molar-refractivity contribution in [2.45, 2.75) is 33.2 Å². The van der Waals surface area contributed by atoms with E-state index < -0.39 is 0 Å². The van der Waals surface area contributed by atoms with Crippen LogP contribution in [0.4, 0.5) is 0 Å². The molecule has 1 saturated heterocycles. The van der Waals surface area contributed by atoms with E-state index in [9.17, 15) is 9.90 Å². The number of carbonyl (C=O) groups is 1. The number of piperidine rings is 1. The Hall–Kier alpha value is -2.53. The monoisotopic (exact) mass is 383 g/mol. The highest BCUT2D eigenvalue weighted by molar-refractivity contribution is 6.00. The van der Waals surface area contributed by atoms with Crippen LogP contribution in [0, 0.1) is 19.8 Å². The summed E-state index contributed by atoms with van der Waals surface area (Å²) in [4.78, 5) is 15.5. The molecule has 0 amide bonds. The minimum absolute atomic E-state index is 0.0460. The second-order valence-electron chi connectivity index (χ2n) is 7.58. The zero-order valence-electron chi connectivity index (χ0n) is 17.1. The van der Waals surface area contributed by atoms with Crippen LogP contribution in [0.3, 0.4) is 0 Å². The number of aromatic hydroxyl groups is 1. The van der Waals surface area contributed by atoms with Crippen LogP contribution in [0.15, 0.2) is 30.3 Å². The first-order valence-corrected chi connectivity index (χ1v) is 9.70. The molecule has 2 aromatic carbocycles. The van der Waals surface area contributed by atoms with Gasteiger partial charge in [0.25, 0.3) is 0 Å². The molecule has 0 spiro atoms. The predicted molar refractivity (Wildman–Crippen MR) is 109 cm³/mol. The number of methoxy groups -OCH3 is 2. The third-order valence-electron chi connectivity index (χ3n) is 5.51. The Kier molecular flexibility index (Phi) is 6.25. The van der Waals surface area contributed by atoms with E-state index >= 15 is 0 Å². The molecule has 1 aliphatic heterocycles. The standard InChI is InChI=1S/C23H29NO4/c1-15-10-17(11-16(2)22(15)25)13-24-9-5-6-18(14-24)23(26)20-8-7-19(27-3)12-21(20)28-4/h7-8,10-12,18,25H,5-6,9,13-14H2,1-4H3/t18-/m0/s1. The van der Waals surface area contributed by atoms with Gasteiger partial charge in [-0.3, -0.25) is 9.69 Å². The zero-order chi connectivity index (χ0) is 20.3. The number of phenols is 1. The number of hydrogen-bond donors (Lipinski definition) is 1. The van der Waals surface area contributed by atoms with Gasteiger partial charge < -0.3 is 14.6 Å². The lowest BCUT2D eigenvalue weighted by Crippen LogP contribution is -2.38. The van der Waals surface area contributed by atoms with Crippen LogP contribution in [0.5, 0.6) is 17.2 Å². The van der Waals surface area contributed by atoms with Gasteiger partial charge >= 0.3 is 0 Å². The maximum Gasteiger partial charge on any atom is 0.170 e. The van der Waals surface area contributed by atoms with Crippen molar-refractivity contribution in [3.8, 4) is 17.2 Å². The largest absolute Gasteiger partial charge is 0.507 e. The molecule has 150 valence electrons. The molecule has 2 aromatic rings. The van der Waals surface area contributed by atoms with E-state index in [0.29, 0.717) is 22.8 Å². The summed E-state index contributed by atoms with van der Waals surface area (Å²) in [6, 6.07) is 9.42. The molecule has 0 unspecified atom stereocenters. The zero-order valence-corrected chi connectivity index (χ0v) is 17.1. The summed E-state index contributed by atoms with van der Waals surface area (Å²) in [5.41, 5.74) is 3.57. The molecule has 1 heterocycles. The molecule has 3 rings (SSSR count). The number of rotatable bonds is 6. The lowest BCUT2D eigenvalue weighted by Gasteiger charge is -2.32. The summed E-state index contributed by atoms with van der Waals surface area (Å²) in [5.74, 6) is 1.68. The predicted octanol–water partition coefficient (Wildman–Crippen LogP) is 4.12. The van der Waals surface area contributed by atoms with Crippen molar-refractivity contribution in [2.75, 3.05) is 27.3 Å². The lowest BCUT2D eigenvalue weighted by molar-refractivity contribution is 0.0808. The van der Waals surface area contributed by atoms with Crippen molar-refractivity contribution in [1.82, 2.24) is 4.90 Å². The number of aryl methyl sites for hydroxylation is 2. The smallest absolute Gasteiger partial charge is 0.170 e. The molecule has 1 N–H and O–H groups in total. The third-order valence-corrected chi connectivity index (χ3v) is 5.51. The summed E-state index contributed by atoms with van der Waals surface area (Å²) < 4.78 is 10.7. The maximum absolute atomic E-state index is 13.1. The molecule has 0 aromatic heterocycles. The van der Waals surface area contributed by atoms with Crippen molar-refractivity contribution in [3.63, 3.8) is 0 Å². The van der Waals surface area contributed by atoms with Gasteiger partial charge in [-0.25, -0.2) is 0 Å². The molecule has 1 fully saturated rings. The van der Waals surface area contributed by atoms with Gasteiger partial charge in [-0.1, -0.05) is 12.1 Å². The number of ketones is 1. The number of benzene rings is 2. The van der Waals surface area contributed by atoms with E-state index in [4.69, 9.17) is 9.47 Å². The van der Waals surface area contributed by atoms with Gasteiger partial charge in [-0.15, -0.1) is 0 Å². The molecular formula is C23H29NO4. The molecule has 0 aliphatic carbocycles. The Balaban J connectivity index is 1.73. The van der Waals surface area contributed by atoms with Crippen LogP contribution in [0.2, 0.25) is 0 Å². The van der Waals surface area contributed by atoms with Crippen LogP contribution in [-0.2, 0) is 6.54 Å². The normalized spacial score (nSPS) is 17.4. The molecule has 0 saturated carbocycles. The van der Waals surface area contributed by atoms with E-state index in [-0.39, 0.29) is 11.7 Å². The van der Waals surface area contributed by atoms with Crippen LogP contribution in [0.1, 0.15) is 39.9 Å². The molecule has 5 heteroatoms. The SMILES string of the molecule is COc1ccc(C(=O)[C@H]2CCCN(Cc3cc(C)c(O)c(C)c3)C2)c(OC)c1. The average Bonchev–Trinajstić information content (AvgIpc) is 2.71. The summed E-state index contributed by atoms with van der Waals surface area (Å²) in [6.45, 7) is 6.33. The summed E-state index contributed by atoms with van der Waals surface area (Å²) in [5, 5.41) is 9.99. The van der Waals surface area contributed by atoms with Crippen molar-refractivity contribution in [2.24, 2.45) is 5.92 Å². The summed E-state index contributed by atoms with van der Waals surface area (Å²) in [6.07, 6.45) is 1.88. The van der Waals surface area contributed by atoms with Crippen LogP contribution >= 0.6 is 0 Å². The van der Waals surface area contributed by atoms with E-state index in [0.717, 1.165) is 43.6 Å². The van der Waals surface area contributed by atoms with Crippen LogP contribution < -0.4 is 9.47 Å². The fourth-order valence-electron chi connectivity index (χ4n) is 4.03. The Morgan fingerprint density at radius 3 is 2.50 bits per heavy atom. The molecule has 28 heavy (non-hydrogen) atoms. The number of nitrogens with zero attached hydrogens (tertiary/aromatic N) is 1. The van der Waals surface area contributed by atoms with Crippen molar-refractivity contribution >= 4 is 5.78 Å². The minimum Gasteiger partial charge on any atom is -0.507 e. The Morgan fingerprint density at radius 1 is 1.14 bits per heavy atom. The van der Waals surface area contributed by atoms with Gasteiger partial charge in [0.1, 0.15) is 17.2 Å². The average molecular weight is 383 g/mol. The van der Waals surface area contributed by atoms with Gasteiger partial charge in [0, 0.05) is 25.1 Å². The van der Waals surface area contributed by atoms with Crippen molar-refractivity contribution < 1.29 is 19.4 Å². The molecule has 1 atom stereocenters. The second kappa shape index (κ2) is 8.65. The number of Topliss-reactive ketones (excluding diaryl/α,β-unsaturated/α-hetero) is 1. The molecule has 5 nitrogen and oxygen atoms in total. The van der Waals surface area contributed by atoms with E-state index in [2.05, 4.69) is 4.90 Å². The first-order valence-electron chi connectivity index (χ1n) is 9.70. The van der Waals surface area contributed by atoms with E-state index in [1.54, 1.807) is 32.4 Å². The van der Waals surface area contributed by atoms with Gasteiger partial charge in [-0.2, -0.15) is 0 Å². The third kappa shape index (κ3) is 4.30. The Morgan fingerprint density at radius 2 is 1.86 bits per heavy atom. The second-order valence-corrected chi connectivity index (χ2v) is 7.58. The van der Waals surface area contributed by atoms with Crippen molar-refractivity contribution in [3.05, 3.63) is 52.6 Å². The summed E-state index contributed by atoms with van der Waals surface area (Å²) in [7, 11) is 3.18.